The highest BCUT2D eigenvalue weighted by Crippen LogP contribution is 2.03. The van der Waals surface area contributed by atoms with Gasteiger partial charge in [-0.05, 0) is 19.1 Å². The first-order valence-corrected chi connectivity index (χ1v) is 5.04. The van der Waals surface area contributed by atoms with Crippen LogP contribution in [0.1, 0.15) is 31.3 Å². The van der Waals surface area contributed by atoms with Crippen molar-refractivity contribution in [2.45, 2.75) is 27.2 Å². The van der Waals surface area contributed by atoms with Crippen molar-refractivity contribution in [2.75, 3.05) is 0 Å². The monoisotopic (exact) mass is 205 g/mol. The first-order valence-electron chi connectivity index (χ1n) is 5.04. The Hall–Kier alpha value is -1.71. The second-order valence-electron chi connectivity index (χ2n) is 2.73. The molecule has 80 valence electrons. The molecular weight excluding hydrogens is 190 g/mol. The van der Waals surface area contributed by atoms with Crippen LogP contribution >= 0.6 is 0 Å². The number of pyridine rings is 1. The van der Waals surface area contributed by atoms with Crippen LogP contribution in [0.4, 0.5) is 0 Å². The number of nitrogens with zero attached hydrogens (tertiary/aromatic N) is 3. The number of aryl methyl sites for hydroxylation is 1. The van der Waals surface area contributed by atoms with E-state index in [9.17, 15) is 0 Å². The molecule has 2 rings (SSSR count). The molecule has 0 aliphatic rings. The predicted molar refractivity (Wildman–Crippen MR) is 57.4 cm³/mol. The van der Waals surface area contributed by atoms with Crippen molar-refractivity contribution >= 4 is 0 Å². The first-order chi connectivity index (χ1) is 7.34. The van der Waals surface area contributed by atoms with Crippen LogP contribution in [-0.4, -0.2) is 15.1 Å². The van der Waals surface area contributed by atoms with Crippen molar-refractivity contribution in [1.29, 1.82) is 0 Å². The molecule has 0 aromatic carbocycles. The van der Waals surface area contributed by atoms with Crippen LogP contribution in [0.2, 0.25) is 0 Å². The Morgan fingerprint density at radius 2 is 2.07 bits per heavy atom. The fourth-order valence-electron chi connectivity index (χ4n) is 1.07. The maximum Gasteiger partial charge on any atom is 0.232 e. The molecule has 0 aliphatic carbocycles. The van der Waals surface area contributed by atoms with Crippen molar-refractivity contribution in [3.8, 4) is 0 Å². The summed E-state index contributed by atoms with van der Waals surface area (Å²) in [6, 6.07) is 5.74. The highest BCUT2D eigenvalue weighted by Gasteiger charge is 2.03. The van der Waals surface area contributed by atoms with Crippen molar-refractivity contribution in [1.82, 2.24) is 15.1 Å². The lowest BCUT2D eigenvalue weighted by atomic mass is 10.3. The number of aromatic nitrogens is 3. The lowest BCUT2D eigenvalue weighted by Gasteiger charge is -1.92. The molecule has 15 heavy (non-hydrogen) atoms. The standard InChI is InChI=1S/C9H9N3O.C2H6/c1-7-11-9(13-12-7)6-8-4-2-3-5-10-8;1-2/h2-5H,6H2,1H3;1-2H3. The predicted octanol–water partition coefficient (Wildman–Crippen LogP) is 2.39. The summed E-state index contributed by atoms with van der Waals surface area (Å²) >= 11 is 0. The molecule has 0 spiro atoms. The molecule has 0 unspecified atom stereocenters. The van der Waals surface area contributed by atoms with Gasteiger partial charge in [0.25, 0.3) is 0 Å². The van der Waals surface area contributed by atoms with Crippen LogP contribution in [0.3, 0.4) is 0 Å². The van der Waals surface area contributed by atoms with Crippen molar-refractivity contribution < 1.29 is 4.52 Å². The normalized spacial score (nSPS) is 9.27. The highest BCUT2D eigenvalue weighted by atomic mass is 16.5. The van der Waals surface area contributed by atoms with Gasteiger partial charge in [-0.3, -0.25) is 4.98 Å². The van der Waals surface area contributed by atoms with Gasteiger partial charge in [0, 0.05) is 11.9 Å². The van der Waals surface area contributed by atoms with E-state index in [1.165, 1.54) is 0 Å². The summed E-state index contributed by atoms with van der Waals surface area (Å²) in [7, 11) is 0. The molecular formula is C11H15N3O. The lowest BCUT2D eigenvalue weighted by Crippen LogP contribution is -1.90. The topological polar surface area (TPSA) is 51.8 Å². The molecule has 0 amide bonds. The third-order valence-corrected chi connectivity index (χ3v) is 1.63. The minimum atomic E-state index is 0.599. The van der Waals surface area contributed by atoms with Crippen LogP contribution in [0, 0.1) is 6.92 Å². The second-order valence-corrected chi connectivity index (χ2v) is 2.73. The van der Waals surface area contributed by atoms with Gasteiger partial charge in [-0.2, -0.15) is 4.98 Å². The fourth-order valence-corrected chi connectivity index (χ4v) is 1.07. The molecule has 0 fully saturated rings. The molecule has 0 bridgehead atoms. The molecule has 2 aromatic rings. The number of hydrogen-bond acceptors (Lipinski definition) is 4. The third-order valence-electron chi connectivity index (χ3n) is 1.63. The minimum Gasteiger partial charge on any atom is -0.339 e. The molecule has 0 radical (unpaired) electrons. The largest absolute Gasteiger partial charge is 0.339 e. The van der Waals surface area contributed by atoms with Crippen molar-refractivity contribution in [2.24, 2.45) is 0 Å². The molecule has 0 N–H and O–H groups in total. The van der Waals surface area contributed by atoms with E-state index in [0.29, 0.717) is 18.1 Å². The zero-order valence-electron chi connectivity index (χ0n) is 9.27. The average Bonchev–Trinajstić information content (AvgIpc) is 2.68. The van der Waals surface area contributed by atoms with Gasteiger partial charge in [-0.25, -0.2) is 0 Å². The minimum absolute atomic E-state index is 0.599. The SMILES string of the molecule is CC.Cc1noc(Cc2ccccn2)n1. The molecule has 4 nitrogen and oxygen atoms in total. The Morgan fingerprint density at radius 1 is 1.27 bits per heavy atom. The number of hydrogen-bond donors (Lipinski definition) is 0. The Balaban J connectivity index is 0.000000531. The molecule has 2 aromatic heterocycles. The summed E-state index contributed by atoms with van der Waals surface area (Å²) in [5.41, 5.74) is 0.936. The summed E-state index contributed by atoms with van der Waals surface area (Å²) in [4.78, 5) is 8.24. The Morgan fingerprint density at radius 3 is 2.60 bits per heavy atom. The Kier molecular flexibility index (Phi) is 4.47. The van der Waals surface area contributed by atoms with Gasteiger partial charge >= 0.3 is 0 Å². The Labute approximate surface area is 89.4 Å². The maximum atomic E-state index is 4.97. The zero-order chi connectivity index (χ0) is 11.1. The fraction of sp³-hybridized carbons (Fsp3) is 0.364. The van der Waals surface area contributed by atoms with E-state index in [2.05, 4.69) is 15.1 Å². The van der Waals surface area contributed by atoms with E-state index in [0.717, 1.165) is 5.69 Å². The highest BCUT2D eigenvalue weighted by molar-refractivity contribution is 5.08. The summed E-state index contributed by atoms with van der Waals surface area (Å²) in [5.74, 6) is 1.27. The summed E-state index contributed by atoms with van der Waals surface area (Å²) in [6.07, 6.45) is 2.35. The smallest absolute Gasteiger partial charge is 0.232 e. The summed E-state index contributed by atoms with van der Waals surface area (Å²) in [5, 5.41) is 3.70. The van der Waals surface area contributed by atoms with Crippen LogP contribution in [0.25, 0.3) is 0 Å². The van der Waals surface area contributed by atoms with Crippen molar-refractivity contribution in [3.63, 3.8) is 0 Å². The van der Waals surface area contributed by atoms with Gasteiger partial charge in [0.1, 0.15) is 0 Å². The van der Waals surface area contributed by atoms with E-state index >= 15 is 0 Å². The van der Waals surface area contributed by atoms with E-state index < -0.39 is 0 Å². The average molecular weight is 205 g/mol. The van der Waals surface area contributed by atoms with E-state index in [-0.39, 0.29) is 0 Å². The molecule has 0 atom stereocenters. The van der Waals surface area contributed by atoms with Crippen LogP contribution < -0.4 is 0 Å². The molecule has 2 heterocycles. The van der Waals surface area contributed by atoms with Gasteiger partial charge in [-0.15, -0.1) is 0 Å². The molecule has 0 saturated heterocycles. The molecule has 0 saturated carbocycles. The molecule has 4 heteroatoms. The van der Waals surface area contributed by atoms with Gasteiger partial charge in [0.15, 0.2) is 5.82 Å². The summed E-state index contributed by atoms with van der Waals surface area (Å²) in [6.45, 7) is 5.80. The van der Waals surface area contributed by atoms with Gasteiger partial charge in [-0.1, -0.05) is 25.1 Å². The number of rotatable bonds is 2. The van der Waals surface area contributed by atoms with Crippen LogP contribution in [-0.2, 0) is 6.42 Å². The summed E-state index contributed by atoms with van der Waals surface area (Å²) < 4.78 is 4.97. The lowest BCUT2D eigenvalue weighted by molar-refractivity contribution is 0.380. The second kappa shape index (κ2) is 5.90. The van der Waals surface area contributed by atoms with Gasteiger partial charge in [0.05, 0.1) is 6.42 Å². The third kappa shape index (κ3) is 3.50. The van der Waals surface area contributed by atoms with Crippen molar-refractivity contribution in [3.05, 3.63) is 41.8 Å². The first kappa shape index (κ1) is 11.4. The van der Waals surface area contributed by atoms with Crippen LogP contribution in [0.15, 0.2) is 28.9 Å². The molecule has 0 aliphatic heterocycles. The van der Waals surface area contributed by atoms with Gasteiger partial charge < -0.3 is 4.52 Å². The van der Waals surface area contributed by atoms with E-state index in [1.54, 1.807) is 13.1 Å². The quantitative estimate of drug-likeness (QED) is 0.755. The Bertz CT molecular complexity index is 384. The van der Waals surface area contributed by atoms with E-state index in [1.807, 2.05) is 32.0 Å². The van der Waals surface area contributed by atoms with E-state index in [4.69, 9.17) is 4.52 Å². The van der Waals surface area contributed by atoms with Gasteiger partial charge in [0.2, 0.25) is 5.89 Å². The zero-order valence-corrected chi connectivity index (χ0v) is 9.27. The van der Waals surface area contributed by atoms with Crippen LogP contribution in [0.5, 0.6) is 0 Å². The maximum absolute atomic E-state index is 4.97.